The van der Waals surface area contributed by atoms with E-state index in [1.165, 1.54) is 50.8 Å². The Labute approximate surface area is 130 Å². The quantitative estimate of drug-likeness (QED) is 0.757. The van der Waals surface area contributed by atoms with Gasteiger partial charge in [-0.2, -0.15) is 0 Å². The molecule has 0 bridgehead atoms. The van der Waals surface area contributed by atoms with Crippen molar-refractivity contribution >= 4 is 0 Å². The maximum absolute atomic E-state index is 4.07. The molecule has 0 radical (unpaired) electrons. The lowest BCUT2D eigenvalue weighted by Gasteiger charge is -2.24. The minimum atomic E-state index is 0.776. The van der Waals surface area contributed by atoms with E-state index in [1.807, 2.05) is 12.4 Å². The van der Waals surface area contributed by atoms with Crippen LogP contribution in [0.3, 0.4) is 0 Å². The lowest BCUT2D eigenvalue weighted by Crippen LogP contribution is -2.35. The summed E-state index contributed by atoms with van der Waals surface area (Å²) in [6.07, 6.45) is 11.7. The van der Waals surface area contributed by atoms with Gasteiger partial charge in [0.1, 0.15) is 0 Å². The molecule has 0 aliphatic heterocycles. The van der Waals surface area contributed by atoms with E-state index in [9.17, 15) is 0 Å². The van der Waals surface area contributed by atoms with Crippen molar-refractivity contribution in [3.05, 3.63) is 30.1 Å². The predicted octanol–water partition coefficient (Wildman–Crippen LogP) is 3.11. The Kier molecular flexibility index (Phi) is 7.17. The Morgan fingerprint density at radius 2 is 2.05 bits per heavy atom. The van der Waals surface area contributed by atoms with Crippen molar-refractivity contribution in [2.45, 2.75) is 51.5 Å². The number of nitrogens with zero attached hydrogens (tertiary/aromatic N) is 2. The molecule has 1 aromatic rings. The fraction of sp³-hybridized carbons (Fsp3) is 0.722. The molecule has 0 amide bonds. The normalized spacial score (nSPS) is 22.0. The summed E-state index contributed by atoms with van der Waals surface area (Å²) in [6.45, 7) is 5.80. The number of aromatic nitrogens is 1. The molecule has 1 fully saturated rings. The third-order valence-corrected chi connectivity index (χ3v) is 4.73. The van der Waals surface area contributed by atoms with Crippen LogP contribution in [0.5, 0.6) is 0 Å². The summed E-state index contributed by atoms with van der Waals surface area (Å²) in [5.74, 6) is 0.889. The van der Waals surface area contributed by atoms with Crippen LogP contribution in [0.25, 0.3) is 0 Å². The Morgan fingerprint density at radius 3 is 2.81 bits per heavy atom. The topological polar surface area (TPSA) is 28.2 Å². The van der Waals surface area contributed by atoms with Crippen LogP contribution in [-0.4, -0.2) is 42.6 Å². The maximum Gasteiger partial charge on any atom is 0.0270 e. The summed E-state index contributed by atoms with van der Waals surface area (Å²) < 4.78 is 0. The highest BCUT2D eigenvalue weighted by molar-refractivity contribution is 5.09. The van der Waals surface area contributed by atoms with Crippen molar-refractivity contribution < 1.29 is 0 Å². The average molecular weight is 289 g/mol. The fourth-order valence-corrected chi connectivity index (χ4v) is 3.35. The van der Waals surface area contributed by atoms with Crippen LogP contribution in [0.1, 0.15) is 44.6 Å². The van der Waals surface area contributed by atoms with Crippen molar-refractivity contribution in [2.24, 2.45) is 5.92 Å². The molecule has 0 spiro atoms. The Morgan fingerprint density at radius 1 is 1.24 bits per heavy atom. The van der Waals surface area contributed by atoms with Gasteiger partial charge in [-0.25, -0.2) is 0 Å². The van der Waals surface area contributed by atoms with Gasteiger partial charge in [0.05, 0.1) is 0 Å². The smallest absolute Gasteiger partial charge is 0.0270 e. The fourth-order valence-electron chi connectivity index (χ4n) is 3.35. The highest BCUT2D eigenvalue weighted by Crippen LogP contribution is 2.28. The molecule has 1 aliphatic rings. The Hall–Kier alpha value is -0.930. The van der Waals surface area contributed by atoms with Gasteiger partial charge in [-0.15, -0.1) is 0 Å². The van der Waals surface area contributed by atoms with Crippen molar-refractivity contribution in [1.82, 2.24) is 15.2 Å². The molecular formula is C18H31N3. The first-order valence-corrected chi connectivity index (χ1v) is 8.60. The molecule has 3 heteroatoms. The molecule has 1 saturated carbocycles. The standard InChI is InChI=1S/C18H31N3/c1-3-11-20-18-6-4-5-17(18)10-15-21(2)14-9-16-7-12-19-13-8-16/h7-8,12-13,17-18,20H,3-6,9-11,14-15H2,1-2H3. The molecule has 2 atom stereocenters. The average Bonchev–Trinajstić information content (AvgIpc) is 2.97. The van der Waals surface area contributed by atoms with Gasteiger partial charge in [0.25, 0.3) is 0 Å². The zero-order valence-electron chi connectivity index (χ0n) is 13.7. The molecule has 118 valence electrons. The van der Waals surface area contributed by atoms with Crippen LogP contribution in [0.4, 0.5) is 0 Å². The zero-order chi connectivity index (χ0) is 14.9. The maximum atomic E-state index is 4.07. The van der Waals surface area contributed by atoms with Crippen LogP contribution in [-0.2, 0) is 6.42 Å². The first-order valence-electron chi connectivity index (χ1n) is 8.60. The third-order valence-electron chi connectivity index (χ3n) is 4.73. The summed E-state index contributed by atoms with van der Waals surface area (Å²) in [5, 5.41) is 3.74. The van der Waals surface area contributed by atoms with Gasteiger partial charge in [-0.1, -0.05) is 13.3 Å². The Balaban J connectivity index is 1.65. The molecule has 2 rings (SSSR count). The van der Waals surface area contributed by atoms with Gasteiger partial charge in [0.15, 0.2) is 0 Å². The number of nitrogens with one attached hydrogen (secondary N) is 1. The van der Waals surface area contributed by atoms with E-state index in [-0.39, 0.29) is 0 Å². The van der Waals surface area contributed by atoms with Crippen LogP contribution >= 0.6 is 0 Å². The van der Waals surface area contributed by atoms with Crippen LogP contribution in [0.15, 0.2) is 24.5 Å². The number of likely N-dealkylation sites (N-methyl/N-ethyl adjacent to an activating group) is 1. The minimum absolute atomic E-state index is 0.776. The lowest BCUT2D eigenvalue weighted by atomic mass is 9.99. The predicted molar refractivity (Wildman–Crippen MR) is 89.5 cm³/mol. The van der Waals surface area contributed by atoms with Gasteiger partial charge in [-0.3, -0.25) is 4.98 Å². The van der Waals surface area contributed by atoms with Gasteiger partial charge in [0.2, 0.25) is 0 Å². The van der Waals surface area contributed by atoms with E-state index in [0.717, 1.165) is 24.9 Å². The molecule has 1 N–H and O–H groups in total. The second-order valence-electron chi connectivity index (χ2n) is 6.45. The Bertz CT molecular complexity index is 379. The zero-order valence-corrected chi connectivity index (χ0v) is 13.7. The largest absolute Gasteiger partial charge is 0.314 e. The first kappa shape index (κ1) is 16.4. The van der Waals surface area contributed by atoms with Gasteiger partial charge < -0.3 is 10.2 Å². The van der Waals surface area contributed by atoms with E-state index in [4.69, 9.17) is 0 Å². The minimum Gasteiger partial charge on any atom is -0.314 e. The summed E-state index contributed by atoms with van der Waals surface area (Å²) in [4.78, 5) is 6.56. The van der Waals surface area contributed by atoms with E-state index < -0.39 is 0 Å². The molecule has 3 nitrogen and oxygen atoms in total. The molecule has 2 unspecified atom stereocenters. The highest BCUT2D eigenvalue weighted by Gasteiger charge is 2.26. The molecule has 1 heterocycles. The van der Waals surface area contributed by atoms with E-state index in [1.54, 1.807) is 0 Å². The molecule has 1 aromatic heterocycles. The summed E-state index contributed by atoms with van der Waals surface area (Å²) in [7, 11) is 2.25. The highest BCUT2D eigenvalue weighted by atomic mass is 15.1. The van der Waals surface area contributed by atoms with Crippen molar-refractivity contribution in [3.63, 3.8) is 0 Å². The van der Waals surface area contributed by atoms with Gasteiger partial charge in [-0.05, 0) is 75.9 Å². The van der Waals surface area contributed by atoms with E-state index in [2.05, 4.69) is 41.3 Å². The van der Waals surface area contributed by atoms with Crippen molar-refractivity contribution in [3.8, 4) is 0 Å². The summed E-state index contributed by atoms with van der Waals surface area (Å²) in [6, 6.07) is 5.02. The molecule has 0 aromatic carbocycles. The summed E-state index contributed by atoms with van der Waals surface area (Å²) >= 11 is 0. The molecule has 1 aliphatic carbocycles. The third kappa shape index (κ3) is 5.76. The van der Waals surface area contributed by atoms with E-state index >= 15 is 0 Å². The lowest BCUT2D eigenvalue weighted by molar-refractivity contribution is 0.283. The number of rotatable bonds is 9. The molecular weight excluding hydrogens is 258 g/mol. The second kappa shape index (κ2) is 9.16. The monoisotopic (exact) mass is 289 g/mol. The van der Waals surface area contributed by atoms with Gasteiger partial charge in [0, 0.05) is 25.0 Å². The van der Waals surface area contributed by atoms with Crippen molar-refractivity contribution in [1.29, 1.82) is 0 Å². The number of hydrogen-bond acceptors (Lipinski definition) is 3. The number of hydrogen-bond donors (Lipinski definition) is 1. The van der Waals surface area contributed by atoms with Gasteiger partial charge >= 0.3 is 0 Å². The summed E-state index contributed by atoms with van der Waals surface area (Å²) in [5.41, 5.74) is 1.39. The van der Waals surface area contributed by atoms with Crippen LogP contribution < -0.4 is 5.32 Å². The molecule has 0 saturated heterocycles. The molecule has 21 heavy (non-hydrogen) atoms. The number of pyridine rings is 1. The van der Waals surface area contributed by atoms with Crippen LogP contribution in [0.2, 0.25) is 0 Å². The SMILES string of the molecule is CCCNC1CCCC1CCN(C)CCc1ccncc1. The van der Waals surface area contributed by atoms with E-state index in [0.29, 0.717) is 0 Å². The first-order chi connectivity index (χ1) is 10.3. The van der Waals surface area contributed by atoms with Crippen molar-refractivity contribution in [2.75, 3.05) is 26.7 Å². The second-order valence-corrected chi connectivity index (χ2v) is 6.45. The van der Waals surface area contributed by atoms with Crippen LogP contribution in [0, 0.1) is 5.92 Å².